The third kappa shape index (κ3) is 4.70. The zero-order chi connectivity index (χ0) is 15.2. The van der Waals surface area contributed by atoms with Gasteiger partial charge in [-0.15, -0.1) is 11.3 Å². The Morgan fingerprint density at radius 2 is 2.43 bits per heavy atom. The van der Waals surface area contributed by atoms with Crippen molar-refractivity contribution >= 4 is 28.3 Å². The molecule has 1 atom stereocenters. The van der Waals surface area contributed by atoms with Gasteiger partial charge in [-0.1, -0.05) is 0 Å². The number of carbonyl (C=O) groups is 2. The lowest BCUT2D eigenvalue weighted by Gasteiger charge is -2.29. The minimum atomic E-state index is -0.188. The maximum Gasteiger partial charge on any atom is 0.306 e. The molecule has 116 valence electrons. The zero-order valence-electron chi connectivity index (χ0n) is 12.4. The molecular formula is C14H21N3O3S. The predicted octanol–water partition coefficient (Wildman–Crippen LogP) is 1.67. The molecule has 1 aliphatic heterocycles. The van der Waals surface area contributed by atoms with Gasteiger partial charge in [0.05, 0.1) is 18.7 Å². The molecule has 1 fully saturated rings. The van der Waals surface area contributed by atoms with Crippen LogP contribution in [-0.4, -0.2) is 48.0 Å². The fraction of sp³-hybridized carbons (Fsp3) is 0.643. The number of ether oxygens (including phenoxy) is 1. The topological polar surface area (TPSA) is 71.5 Å². The van der Waals surface area contributed by atoms with Gasteiger partial charge >= 0.3 is 5.97 Å². The molecular weight excluding hydrogens is 290 g/mol. The molecule has 21 heavy (non-hydrogen) atoms. The highest BCUT2D eigenvalue weighted by atomic mass is 32.1. The van der Waals surface area contributed by atoms with Crippen molar-refractivity contribution in [3.8, 4) is 0 Å². The van der Waals surface area contributed by atoms with Crippen molar-refractivity contribution in [1.29, 1.82) is 0 Å². The van der Waals surface area contributed by atoms with Crippen molar-refractivity contribution in [2.75, 3.05) is 25.5 Å². The maximum atomic E-state index is 11.4. The van der Waals surface area contributed by atoms with E-state index in [4.69, 9.17) is 4.74 Å². The van der Waals surface area contributed by atoms with Gasteiger partial charge < -0.3 is 15.0 Å². The van der Waals surface area contributed by atoms with Crippen LogP contribution >= 0.6 is 11.3 Å². The Balaban J connectivity index is 1.80. The Morgan fingerprint density at radius 1 is 1.62 bits per heavy atom. The van der Waals surface area contributed by atoms with Crippen LogP contribution in [0.2, 0.25) is 0 Å². The predicted molar refractivity (Wildman–Crippen MR) is 81.3 cm³/mol. The monoisotopic (exact) mass is 311 g/mol. The highest BCUT2D eigenvalue weighted by molar-refractivity contribution is 7.13. The van der Waals surface area contributed by atoms with Gasteiger partial charge in [-0.3, -0.25) is 9.59 Å². The number of piperidine rings is 1. The second kappa shape index (κ2) is 7.40. The van der Waals surface area contributed by atoms with Crippen LogP contribution in [0.1, 0.15) is 31.9 Å². The summed E-state index contributed by atoms with van der Waals surface area (Å²) >= 11 is 1.53. The first-order valence-electron chi connectivity index (χ1n) is 7.19. The summed E-state index contributed by atoms with van der Waals surface area (Å²) in [5.41, 5.74) is 0.899. The van der Waals surface area contributed by atoms with Crippen LogP contribution in [-0.2, 0) is 20.7 Å². The molecule has 1 aromatic rings. The van der Waals surface area contributed by atoms with Crippen LogP contribution < -0.4 is 5.32 Å². The van der Waals surface area contributed by atoms with Crippen LogP contribution in [0.4, 0.5) is 5.13 Å². The smallest absolute Gasteiger partial charge is 0.306 e. The number of esters is 1. The average molecular weight is 311 g/mol. The van der Waals surface area contributed by atoms with Crippen molar-refractivity contribution in [3.05, 3.63) is 11.1 Å². The van der Waals surface area contributed by atoms with E-state index in [0.717, 1.165) is 17.2 Å². The molecule has 0 aromatic carbocycles. The lowest BCUT2D eigenvalue weighted by Crippen LogP contribution is -2.43. The fourth-order valence-electron chi connectivity index (χ4n) is 2.26. The van der Waals surface area contributed by atoms with Crippen LogP contribution in [0, 0.1) is 0 Å². The van der Waals surface area contributed by atoms with Gasteiger partial charge in [0, 0.05) is 37.9 Å². The Bertz CT molecular complexity index is 503. The number of likely N-dealkylation sites (tertiary alicyclic amines) is 1. The van der Waals surface area contributed by atoms with Gasteiger partial charge in [0.1, 0.15) is 0 Å². The summed E-state index contributed by atoms with van der Waals surface area (Å²) in [5, 5.41) is 6.17. The average Bonchev–Trinajstić information content (AvgIpc) is 2.89. The molecule has 0 aliphatic carbocycles. The van der Waals surface area contributed by atoms with Gasteiger partial charge in [0.15, 0.2) is 5.13 Å². The molecule has 1 N–H and O–H groups in total. The van der Waals surface area contributed by atoms with Gasteiger partial charge in [-0.05, 0) is 13.3 Å². The van der Waals surface area contributed by atoms with E-state index in [1.807, 2.05) is 12.4 Å². The molecule has 0 radical (unpaired) electrons. The number of amides is 1. The first-order valence-corrected chi connectivity index (χ1v) is 8.07. The van der Waals surface area contributed by atoms with E-state index in [2.05, 4.69) is 10.3 Å². The molecule has 0 bridgehead atoms. The van der Waals surface area contributed by atoms with E-state index in [1.165, 1.54) is 11.3 Å². The minimum Gasteiger partial charge on any atom is -0.466 e. The van der Waals surface area contributed by atoms with Crippen LogP contribution in [0.5, 0.6) is 0 Å². The SMILES string of the molecule is CCOC(=O)CCc1csc(NC2CCC(=O)N(C)C2)n1. The number of carbonyl (C=O) groups excluding carboxylic acids is 2. The third-order valence-corrected chi connectivity index (χ3v) is 4.22. The van der Waals surface area contributed by atoms with Crippen LogP contribution in [0.25, 0.3) is 0 Å². The van der Waals surface area contributed by atoms with Crippen LogP contribution in [0.15, 0.2) is 5.38 Å². The molecule has 1 unspecified atom stereocenters. The number of anilines is 1. The molecule has 0 spiro atoms. The molecule has 2 heterocycles. The number of aromatic nitrogens is 1. The second-order valence-corrected chi connectivity index (χ2v) is 5.96. The minimum absolute atomic E-state index is 0.188. The van der Waals surface area contributed by atoms with E-state index in [1.54, 1.807) is 11.8 Å². The largest absolute Gasteiger partial charge is 0.466 e. The van der Waals surface area contributed by atoms with Gasteiger partial charge in [-0.25, -0.2) is 4.98 Å². The second-order valence-electron chi connectivity index (χ2n) is 5.10. The van der Waals surface area contributed by atoms with Gasteiger partial charge in [-0.2, -0.15) is 0 Å². The highest BCUT2D eigenvalue weighted by Crippen LogP contribution is 2.20. The van der Waals surface area contributed by atoms with E-state index < -0.39 is 0 Å². The number of thiazole rings is 1. The first-order chi connectivity index (χ1) is 10.1. The molecule has 7 heteroatoms. The van der Waals surface area contributed by atoms with Gasteiger partial charge in [0.2, 0.25) is 5.91 Å². The number of likely N-dealkylation sites (N-methyl/N-ethyl adjacent to an activating group) is 1. The Kier molecular flexibility index (Phi) is 5.55. The lowest BCUT2D eigenvalue weighted by atomic mass is 10.1. The number of rotatable bonds is 6. The lowest BCUT2D eigenvalue weighted by molar-refractivity contribution is -0.143. The van der Waals surface area contributed by atoms with Crippen molar-refractivity contribution in [2.45, 2.75) is 38.6 Å². The summed E-state index contributed by atoms with van der Waals surface area (Å²) in [6.07, 6.45) is 2.37. The molecule has 0 saturated carbocycles. The maximum absolute atomic E-state index is 11.4. The summed E-state index contributed by atoms with van der Waals surface area (Å²) in [6.45, 7) is 2.92. The van der Waals surface area contributed by atoms with Crippen molar-refractivity contribution in [1.82, 2.24) is 9.88 Å². The van der Waals surface area contributed by atoms with E-state index >= 15 is 0 Å². The quantitative estimate of drug-likeness (QED) is 0.809. The van der Waals surface area contributed by atoms with Crippen molar-refractivity contribution < 1.29 is 14.3 Å². The number of nitrogens with zero attached hydrogens (tertiary/aromatic N) is 2. The number of hydrogen-bond donors (Lipinski definition) is 1. The molecule has 6 nitrogen and oxygen atoms in total. The Labute approximate surface area is 128 Å². The first kappa shape index (κ1) is 15.8. The number of aryl methyl sites for hydroxylation is 1. The molecule has 1 saturated heterocycles. The van der Waals surface area contributed by atoms with E-state index in [9.17, 15) is 9.59 Å². The molecule has 1 aromatic heterocycles. The van der Waals surface area contributed by atoms with E-state index in [0.29, 0.717) is 32.4 Å². The van der Waals surface area contributed by atoms with Crippen LogP contribution in [0.3, 0.4) is 0 Å². The Morgan fingerprint density at radius 3 is 3.14 bits per heavy atom. The standard InChI is InChI=1S/C14H21N3O3S/c1-3-20-13(19)7-5-11-9-21-14(16-11)15-10-4-6-12(18)17(2)8-10/h9-10H,3-8H2,1-2H3,(H,15,16). The number of nitrogens with one attached hydrogen (secondary N) is 1. The Hall–Kier alpha value is -1.63. The normalized spacial score (nSPS) is 18.7. The van der Waals surface area contributed by atoms with Crippen molar-refractivity contribution in [3.63, 3.8) is 0 Å². The summed E-state index contributed by atoms with van der Waals surface area (Å²) < 4.78 is 4.90. The summed E-state index contributed by atoms with van der Waals surface area (Å²) in [4.78, 5) is 29.0. The zero-order valence-corrected chi connectivity index (χ0v) is 13.2. The molecule has 2 rings (SSSR count). The molecule has 1 amide bonds. The highest BCUT2D eigenvalue weighted by Gasteiger charge is 2.23. The summed E-state index contributed by atoms with van der Waals surface area (Å²) in [7, 11) is 1.82. The van der Waals surface area contributed by atoms with Gasteiger partial charge in [0.25, 0.3) is 0 Å². The summed E-state index contributed by atoms with van der Waals surface area (Å²) in [5.74, 6) is 0.00902. The summed E-state index contributed by atoms with van der Waals surface area (Å²) in [6, 6.07) is 0.247. The van der Waals surface area contributed by atoms with Crippen molar-refractivity contribution in [2.24, 2.45) is 0 Å². The number of hydrogen-bond acceptors (Lipinski definition) is 6. The van der Waals surface area contributed by atoms with E-state index in [-0.39, 0.29) is 17.9 Å². The third-order valence-electron chi connectivity index (χ3n) is 3.40. The fourth-order valence-corrected chi connectivity index (χ4v) is 3.08. The molecule has 1 aliphatic rings.